The standard InChI is InChI=1S/C12H8BrClFNO/c13-7-1-3-12(10(15)5-7)17-11-4-2-8(16)6-9(11)14/h1-6H,16H2. The third-order valence-corrected chi connectivity index (χ3v) is 2.86. The maximum Gasteiger partial charge on any atom is 0.166 e. The predicted octanol–water partition coefficient (Wildman–Crippen LogP) is 4.62. The first-order valence-corrected chi connectivity index (χ1v) is 5.91. The maximum atomic E-state index is 13.5. The molecule has 2 nitrogen and oxygen atoms in total. The molecule has 0 aliphatic heterocycles. The summed E-state index contributed by atoms with van der Waals surface area (Å²) in [6.07, 6.45) is 0. The third kappa shape index (κ3) is 2.90. The van der Waals surface area contributed by atoms with Crippen LogP contribution in [-0.2, 0) is 0 Å². The number of anilines is 1. The number of ether oxygens (including phenoxy) is 1. The van der Waals surface area contributed by atoms with Crippen molar-refractivity contribution in [3.8, 4) is 11.5 Å². The molecule has 2 aromatic rings. The van der Waals surface area contributed by atoms with E-state index in [9.17, 15) is 4.39 Å². The van der Waals surface area contributed by atoms with Gasteiger partial charge in [-0.3, -0.25) is 0 Å². The van der Waals surface area contributed by atoms with E-state index in [4.69, 9.17) is 22.1 Å². The molecule has 0 atom stereocenters. The first kappa shape index (κ1) is 12.2. The molecule has 0 aliphatic carbocycles. The Morgan fingerprint density at radius 2 is 1.82 bits per heavy atom. The fourth-order valence-electron chi connectivity index (χ4n) is 1.28. The van der Waals surface area contributed by atoms with E-state index in [1.54, 1.807) is 24.3 Å². The lowest BCUT2D eigenvalue weighted by atomic mass is 10.3. The van der Waals surface area contributed by atoms with E-state index in [1.807, 2.05) is 0 Å². The van der Waals surface area contributed by atoms with Crippen LogP contribution < -0.4 is 10.5 Å². The van der Waals surface area contributed by atoms with Crippen molar-refractivity contribution in [1.29, 1.82) is 0 Å². The van der Waals surface area contributed by atoms with E-state index in [2.05, 4.69) is 15.9 Å². The zero-order valence-corrected chi connectivity index (χ0v) is 10.9. The van der Waals surface area contributed by atoms with Gasteiger partial charge in [-0.1, -0.05) is 27.5 Å². The summed E-state index contributed by atoms with van der Waals surface area (Å²) in [5.41, 5.74) is 6.08. The molecule has 0 saturated carbocycles. The van der Waals surface area contributed by atoms with Gasteiger partial charge in [0.05, 0.1) is 5.02 Å². The van der Waals surface area contributed by atoms with Crippen molar-refractivity contribution in [2.24, 2.45) is 0 Å². The van der Waals surface area contributed by atoms with Crippen LogP contribution in [0.4, 0.5) is 10.1 Å². The number of hydrogen-bond donors (Lipinski definition) is 1. The minimum atomic E-state index is -0.465. The summed E-state index contributed by atoms with van der Waals surface area (Å²) >= 11 is 9.09. The first-order valence-electron chi connectivity index (χ1n) is 4.74. The first-order chi connectivity index (χ1) is 8.06. The molecule has 0 amide bonds. The van der Waals surface area contributed by atoms with Crippen molar-refractivity contribution in [3.63, 3.8) is 0 Å². The number of halogens is 3. The Balaban J connectivity index is 2.31. The summed E-state index contributed by atoms with van der Waals surface area (Å²) in [6, 6.07) is 9.31. The van der Waals surface area contributed by atoms with Gasteiger partial charge in [-0.2, -0.15) is 0 Å². The highest BCUT2D eigenvalue weighted by Crippen LogP contribution is 2.32. The van der Waals surface area contributed by atoms with E-state index in [0.29, 0.717) is 20.9 Å². The van der Waals surface area contributed by atoms with Crippen molar-refractivity contribution in [2.75, 3.05) is 5.73 Å². The van der Waals surface area contributed by atoms with Crippen molar-refractivity contribution >= 4 is 33.2 Å². The molecule has 5 heteroatoms. The summed E-state index contributed by atoms with van der Waals surface area (Å²) in [4.78, 5) is 0. The Bertz CT molecular complexity index is 513. The average molecular weight is 317 g/mol. The molecule has 2 aromatic carbocycles. The molecule has 0 unspecified atom stereocenters. The summed E-state index contributed by atoms with van der Waals surface area (Å²) < 4.78 is 19.5. The van der Waals surface area contributed by atoms with Gasteiger partial charge in [0.25, 0.3) is 0 Å². The number of nitrogens with two attached hydrogens (primary N) is 1. The molecule has 0 aliphatic rings. The topological polar surface area (TPSA) is 35.2 Å². The average Bonchev–Trinajstić information content (AvgIpc) is 2.25. The summed E-state index contributed by atoms with van der Waals surface area (Å²) in [5.74, 6) is 0.00854. The molecule has 17 heavy (non-hydrogen) atoms. The second-order valence-corrected chi connectivity index (χ2v) is 4.69. The van der Waals surface area contributed by atoms with Crippen LogP contribution in [0, 0.1) is 5.82 Å². The monoisotopic (exact) mass is 315 g/mol. The van der Waals surface area contributed by atoms with Gasteiger partial charge in [0.15, 0.2) is 11.6 Å². The highest BCUT2D eigenvalue weighted by atomic mass is 79.9. The SMILES string of the molecule is Nc1ccc(Oc2ccc(Br)cc2F)c(Cl)c1. The lowest BCUT2D eigenvalue weighted by molar-refractivity contribution is 0.442. The minimum Gasteiger partial charge on any atom is -0.453 e. The van der Waals surface area contributed by atoms with E-state index in [1.165, 1.54) is 12.1 Å². The number of benzene rings is 2. The number of nitrogen functional groups attached to an aromatic ring is 1. The zero-order valence-electron chi connectivity index (χ0n) is 8.58. The van der Waals surface area contributed by atoms with Crippen LogP contribution in [0.3, 0.4) is 0 Å². The van der Waals surface area contributed by atoms with Gasteiger partial charge < -0.3 is 10.5 Å². The number of rotatable bonds is 2. The van der Waals surface area contributed by atoms with Gasteiger partial charge in [0.1, 0.15) is 5.75 Å². The highest BCUT2D eigenvalue weighted by molar-refractivity contribution is 9.10. The van der Waals surface area contributed by atoms with Crippen molar-refractivity contribution in [1.82, 2.24) is 0 Å². The normalized spacial score (nSPS) is 10.3. The van der Waals surface area contributed by atoms with E-state index >= 15 is 0 Å². The Kier molecular flexibility index (Phi) is 3.54. The molecule has 0 saturated heterocycles. The molecule has 0 spiro atoms. The molecule has 2 rings (SSSR count). The van der Waals surface area contributed by atoms with Crippen LogP contribution in [0.25, 0.3) is 0 Å². The van der Waals surface area contributed by atoms with Crippen LogP contribution >= 0.6 is 27.5 Å². The van der Waals surface area contributed by atoms with Gasteiger partial charge in [-0.25, -0.2) is 4.39 Å². The fourth-order valence-corrected chi connectivity index (χ4v) is 1.84. The lowest BCUT2D eigenvalue weighted by Crippen LogP contribution is -1.90. The molecule has 0 heterocycles. The van der Waals surface area contributed by atoms with Crippen LogP contribution in [-0.4, -0.2) is 0 Å². The summed E-state index contributed by atoms with van der Waals surface area (Å²) in [7, 11) is 0. The molecule has 2 N–H and O–H groups in total. The third-order valence-electron chi connectivity index (χ3n) is 2.07. The fraction of sp³-hybridized carbons (Fsp3) is 0. The largest absolute Gasteiger partial charge is 0.453 e. The van der Waals surface area contributed by atoms with Crippen LogP contribution in [0.5, 0.6) is 11.5 Å². The molecule has 0 bridgehead atoms. The van der Waals surface area contributed by atoms with Gasteiger partial charge in [0.2, 0.25) is 0 Å². The van der Waals surface area contributed by atoms with Crippen LogP contribution in [0.2, 0.25) is 5.02 Å². The maximum absolute atomic E-state index is 13.5. The molecule has 0 aromatic heterocycles. The quantitative estimate of drug-likeness (QED) is 0.821. The smallest absolute Gasteiger partial charge is 0.166 e. The summed E-state index contributed by atoms with van der Waals surface area (Å²) in [5, 5.41) is 0.340. The molecular formula is C12H8BrClFNO. The molecule has 0 fully saturated rings. The highest BCUT2D eigenvalue weighted by Gasteiger charge is 2.08. The summed E-state index contributed by atoms with van der Waals surface area (Å²) in [6.45, 7) is 0. The van der Waals surface area contributed by atoms with E-state index in [-0.39, 0.29) is 5.75 Å². The number of hydrogen-bond acceptors (Lipinski definition) is 2. The van der Waals surface area contributed by atoms with E-state index < -0.39 is 5.82 Å². The van der Waals surface area contributed by atoms with Crippen molar-refractivity contribution < 1.29 is 9.13 Å². The van der Waals surface area contributed by atoms with Gasteiger partial charge in [-0.15, -0.1) is 0 Å². The van der Waals surface area contributed by atoms with Gasteiger partial charge >= 0.3 is 0 Å². The van der Waals surface area contributed by atoms with Gasteiger partial charge in [0, 0.05) is 10.2 Å². The van der Waals surface area contributed by atoms with E-state index in [0.717, 1.165) is 0 Å². The Hall–Kier alpha value is -1.26. The van der Waals surface area contributed by atoms with Crippen LogP contribution in [0.1, 0.15) is 0 Å². The second-order valence-electron chi connectivity index (χ2n) is 3.37. The van der Waals surface area contributed by atoms with Gasteiger partial charge in [-0.05, 0) is 36.4 Å². The minimum absolute atomic E-state index is 0.111. The van der Waals surface area contributed by atoms with Crippen molar-refractivity contribution in [3.05, 3.63) is 51.7 Å². The lowest BCUT2D eigenvalue weighted by Gasteiger charge is -2.09. The predicted molar refractivity (Wildman–Crippen MR) is 70.0 cm³/mol. The van der Waals surface area contributed by atoms with Crippen LogP contribution in [0.15, 0.2) is 40.9 Å². The zero-order chi connectivity index (χ0) is 12.4. The Morgan fingerprint density at radius 1 is 1.12 bits per heavy atom. The molecule has 0 radical (unpaired) electrons. The Labute approximate surface area is 111 Å². The second kappa shape index (κ2) is 4.94. The Morgan fingerprint density at radius 3 is 2.47 bits per heavy atom. The van der Waals surface area contributed by atoms with Crippen molar-refractivity contribution in [2.45, 2.75) is 0 Å². The molecule has 88 valence electrons. The molecular weight excluding hydrogens is 308 g/mol.